The highest BCUT2D eigenvalue weighted by molar-refractivity contribution is 7.91. The summed E-state index contributed by atoms with van der Waals surface area (Å²) in [6, 6.07) is 1.63. The van der Waals surface area contributed by atoms with Crippen LogP contribution in [0.25, 0.3) is 0 Å². The molecule has 6 nitrogen and oxygen atoms in total. The van der Waals surface area contributed by atoms with E-state index in [1.165, 1.54) is 0 Å². The third-order valence-corrected chi connectivity index (χ3v) is 4.72. The molecule has 7 heteroatoms. The van der Waals surface area contributed by atoms with Gasteiger partial charge in [-0.15, -0.1) is 0 Å². The van der Waals surface area contributed by atoms with Gasteiger partial charge in [0.1, 0.15) is 5.69 Å². The van der Waals surface area contributed by atoms with Crippen LogP contribution in [0.2, 0.25) is 0 Å². The Bertz CT molecular complexity index is 548. The minimum atomic E-state index is -2.97. The molecular formula is C11H17N3O3S. The Morgan fingerprint density at radius 2 is 2.00 bits per heavy atom. The molecule has 1 fully saturated rings. The van der Waals surface area contributed by atoms with Crippen LogP contribution in [-0.4, -0.2) is 48.4 Å². The van der Waals surface area contributed by atoms with Crippen LogP contribution in [0.4, 0.5) is 5.69 Å². The summed E-state index contributed by atoms with van der Waals surface area (Å²) in [6.45, 7) is 3.10. The fraction of sp³-hybridized carbons (Fsp3) is 0.545. The van der Waals surface area contributed by atoms with Crippen LogP contribution in [0.15, 0.2) is 12.3 Å². The molecule has 0 bridgehead atoms. The van der Waals surface area contributed by atoms with Crippen LogP contribution in [0.1, 0.15) is 17.4 Å². The molecule has 18 heavy (non-hydrogen) atoms. The summed E-state index contributed by atoms with van der Waals surface area (Å²) >= 11 is 0. The van der Waals surface area contributed by atoms with E-state index >= 15 is 0 Å². The molecule has 0 unspecified atom stereocenters. The number of anilines is 1. The molecule has 1 saturated heterocycles. The van der Waals surface area contributed by atoms with Gasteiger partial charge >= 0.3 is 0 Å². The van der Waals surface area contributed by atoms with Gasteiger partial charge in [0.15, 0.2) is 9.84 Å². The van der Waals surface area contributed by atoms with E-state index in [9.17, 15) is 13.2 Å². The fourth-order valence-corrected chi connectivity index (χ4v) is 3.25. The van der Waals surface area contributed by atoms with E-state index in [1.54, 1.807) is 21.7 Å². The number of nitrogens with two attached hydrogens (primary N) is 1. The molecule has 1 aromatic rings. The molecule has 2 N–H and O–H groups in total. The molecule has 1 aliphatic heterocycles. The van der Waals surface area contributed by atoms with Crippen molar-refractivity contribution in [3.05, 3.63) is 18.0 Å². The molecule has 0 aliphatic carbocycles. The first kappa shape index (κ1) is 12.9. The van der Waals surface area contributed by atoms with Gasteiger partial charge in [-0.25, -0.2) is 8.42 Å². The summed E-state index contributed by atoms with van der Waals surface area (Å²) in [5.74, 6) is -0.0642. The second-order valence-electron chi connectivity index (χ2n) is 4.39. The second kappa shape index (κ2) is 4.64. The van der Waals surface area contributed by atoms with Crippen molar-refractivity contribution in [3.8, 4) is 0 Å². The van der Waals surface area contributed by atoms with Crippen LogP contribution in [0.3, 0.4) is 0 Å². The first-order chi connectivity index (χ1) is 8.43. The fourth-order valence-electron chi connectivity index (χ4n) is 2.05. The summed E-state index contributed by atoms with van der Waals surface area (Å²) in [4.78, 5) is 13.8. The van der Waals surface area contributed by atoms with Crippen LogP contribution in [-0.2, 0) is 16.4 Å². The average Bonchev–Trinajstić information content (AvgIpc) is 2.69. The van der Waals surface area contributed by atoms with Gasteiger partial charge in [0, 0.05) is 25.8 Å². The van der Waals surface area contributed by atoms with Crippen LogP contribution in [0.5, 0.6) is 0 Å². The monoisotopic (exact) mass is 271 g/mol. The minimum Gasteiger partial charge on any atom is -0.397 e. The summed E-state index contributed by atoms with van der Waals surface area (Å²) in [7, 11) is -2.97. The zero-order chi connectivity index (χ0) is 13.3. The third kappa shape index (κ3) is 2.50. The Labute approximate surface area is 106 Å². The molecule has 0 radical (unpaired) electrons. The number of amides is 1. The van der Waals surface area contributed by atoms with Gasteiger partial charge in [-0.2, -0.15) is 0 Å². The lowest BCUT2D eigenvalue weighted by Gasteiger charge is -2.26. The number of carbonyl (C=O) groups excluding carboxylic acids is 1. The Morgan fingerprint density at radius 1 is 1.39 bits per heavy atom. The summed E-state index contributed by atoms with van der Waals surface area (Å²) in [5.41, 5.74) is 6.75. The maximum absolute atomic E-state index is 12.3. The molecule has 1 aliphatic rings. The third-order valence-electron chi connectivity index (χ3n) is 3.11. The molecule has 2 rings (SSSR count). The van der Waals surface area contributed by atoms with Gasteiger partial charge in [0.05, 0.1) is 17.2 Å². The van der Waals surface area contributed by atoms with E-state index in [4.69, 9.17) is 5.73 Å². The van der Waals surface area contributed by atoms with Crippen LogP contribution < -0.4 is 5.73 Å². The van der Waals surface area contributed by atoms with E-state index in [2.05, 4.69) is 0 Å². The molecule has 0 aromatic carbocycles. The van der Waals surface area contributed by atoms with Crippen molar-refractivity contribution in [1.82, 2.24) is 9.47 Å². The van der Waals surface area contributed by atoms with Crippen molar-refractivity contribution in [2.24, 2.45) is 0 Å². The first-order valence-corrected chi connectivity index (χ1v) is 7.70. The van der Waals surface area contributed by atoms with Gasteiger partial charge < -0.3 is 15.2 Å². The largest absolute Gasteiger partial charge is 0.397 e. The molecule has 0 saturated carbocycles. The second-order valence-corrected chi connectivity index (χ2v) is 6.69. The lowest BCUT2D eigenvalue weighted by molar-refractivity contribution is 0.0759. The van der Waals surface area contributed by atoms with E-state index in [0.29, 0.717) is 17.9 Å². The van der Waals surface area contributed by atoms with Crippen molar-refractivity contribution >= 4 is 21.4 Å². The van der Waals surface area contributed by atoms with Crippen molar-refractivity contribution in [2.75, 3.05) is 30.3 Å². The number of rotatable bonds is 2. The van der Waals surface area contributed by atoms with E-state index < -0.39 is 9.84 Å². The Hall–Kier alpha value is -1.50. The number of sulfone groups is 1. The Balaban J connectivity index is 2.17. The summed E-state index contributed by atoms with van der Waals surface area (Å²) in [5, 5.41) is 0. The predicted octanol–water partition coefficient (Wildman–Crippen LogP) is -0.0392. The zero-order valence-corrected chi connectivity index (χ0v) is 11.1. The van der Waals surface area contributed by atoms with Gasteiger partial charge in [0.25, 0.3) is 5.91 Å². The lowest BCUT2D eigenvalue weighted by Crippen LogP contribution is -2.44. The lowest BCUT2D eigenvalue weighted by atomic mass is 10.3. The SMILES string of the molecule is CCn1cc(N)cc1C(=O)N1CCS(=O)(=O)CC1. The molecule has 1 aromatic heterocycles. The van der Waals surface area contributed by atoms with Gasteiger partial charge in [-0.05, 0) is 13.0 Å². The highest BCUT2D eigenvalue weighted by Crippen LogP contribution is 2.15. The van der Waals surface area contributed by atoms with Crippen LogP contribution >= 0.6 is 0 Å². The maximum Gasteiger partial charge on any atom is 0.270 e. The van der Waals surface area contributed by atoms with E-state index in [0.717, 1.165) is 0 Å². The molecule has 1 amide bonds. The normalized spacial score (nSPS) is 18.8. The van der Waals surface area contributed by atoms with E-state index in [1.807, 2.05) is 6.92 Å². The van der Waals surface area contributed by atoms with Crippen molar-refractivity contribution in [2.45, 2.75) is 13.5 Å². The number of carbonyl (C=O) groups is 1. The van der Waals surface area contributed by atoms with Crippen molar-refractivity contribution < 1.29 is 13.2 Å². The zero-order valence-electron chi connectivity index (χ0n) is 10.3. The topological polar surface area (TPSA) is 85.4 Å². The number of aromatic nitrogens is 1. The number of nitrogens with zero attached hydrogens (tertiary/aromatic N) is 2. The smallest absolute Gasteiger partial charge is 0.270 e. The highest BCUT2D eigenvalue weighted by atomic mass is 32.2. The molecule has 100 valence electrons. The summed E-state index contributed by atoms with van der Waals surface area (Å²) < 4.78 is 24.4. The standard InChI is InChI=1S/C11H17N3O3S/c1-2-13-8-9(12)7-10(13)11(15)14-3-5-18(16,17)6-4-14/h7-8H,2-6,12H2,1H3. The Morgan fingerprint density at radius 3 is 2.56 bits per heavy atom. The first-order valence-electron chi connectivity index (χ1n) is 5.88. The van der Waals surface area contributed by atoms with E-state index in [-0.39, 0.29) is 30.5 Å². The summed E-state index contributed by atoms with van der Waals surface area (Å²) in [6.07, 6.45) is 1.72. The number of nitrogen functional groups attached to an aromatic ring is 1. The van der Waals surface area contributed by atoms with Gasteiger partial charge in [-0.1, -0.05) is 0 Å². The molecule has 0 atom stereocenters. The van der Waals surface area contributed by atoms with Gasteiger partial charge in [-0.3, -0.25) is 4.79 Å². The maximum atomic E-state index is 12.3. The van der Waals surface area contributed by atoms with Crippen LogP contribution in [0, 0.1) is 0 Å². The highest BCUT2D eigenvalue weighted by Gasteiger charge is 2.27. The molecule has 0 spiro atoms. The minimum absolute atomic E-state index is 0.0427. The van der Waals surface area contributed by atoms with Crippen molar-refractivity contribution in [3.63, 3.8) is 0 Å². The Kier molecular flexibility index (Phi) is 3.34. The molecule has 2 heterocycles. The predicted molar refractivity (Wildman–Crippen MR) is 69.1 cm³/mol. The molecular weight excluding hydrogens is 254 g/mol. The van der Waals surface area contributed by atoms with Crippen molar-refractivity contribution in [1.29, 1.82) is 0 Å². The number of hydrogen-bond acceptors (Lipinski definition) is 4. The quantitative estimate of drug-likeness (QED) is 0.818. The average molecular weight is 271 g/mol. The number of hydrogen-bond donors (Lipinski definition) is 1. The van der Waals surface area contributed by atoms with Gasteiger partial charge in [0.2, 0.25) is 0 Å². The number of aryl methyl sites for hydroxylation is 1.